The Bertz CT molecular complexity index is 997. The van der Waals surface area contributed by atoms with Gasteiger partial charge in [-0.3, -0.25) is 10.1 Å². The quantitative estimate of drug-likeness (QED) is 0.561. The van der Waals surface area contributed by atoms with Crippen LogP contribution in [0.3, 0.4) is 0 Å². The number of hydrogen-bond acceptors (Lipinski definition) is 4. The summed E-state index contributed by atoms with van der Waals surface area (Å²) in [5.74, 6) is -0.896. The zero-order chi connectivity index (χ0) is 19.4. The smallest absolute Gasteiger partial charge is 0.335 e. The number of carboxylic acid groups (broad SMARTS) is 1. The van der Waals surface area contributed by atoms with Gasteiger partial charge in [0.25, 0.3) is 5.91 Å². The molecule has 1 aromatic heterocycles. The van der Waals surface area contributed by atoms with Crippen LogP contribution in [0.4, 0.5) is 5.69 Å². The maximum atomic E-state index is 12.3. The third-order valence-electron chi connectivity index (χ3n) is 3.58. The van der Waals surface area contributed by atoms with Crippen LogP contribution in [0.5, 0.6) is 0 Å². The van der Waals surface area contributed by atoms with E-state index in [2.05, 4.69) is 10.6 Å². The Kier molecular flexibility index (Phi) is 5.54. The summed E-state index contributed by atoms with van der Waals surface area (Å²) in [6.07, 6.45) is 0. The SMILES string of the molecule is O=C(O)c1ccc(NC(=S)NC(=O)c2ccc(-c3ccc(Cl)cc3)o2)cc1. The molecule has 0 radical (unpaired) electrons. The summed E-state index contributed by atoms with van der Waals surface area (Å²) in [6.45, 7) is 0. The van der Waals surface area contributed by atoms with Crippen LogP contribution in [-0.2, 0) is 0 Å². The number of carboxylic acids is 1. The number of furan rings is 1. The lowest BCUT2D eigenvalue weighted by atomic mass is 10.2. The van der Waals surface area contributed by atoms with Crippen molar-refractivity contribution in [2.24, 2.45) is 0 Å². The Morgan fingerprint density at radius 2 is 1.63 bits per heavy atom. The lowest BCUT2D eigenvalue weighted by molar-refractivity contribution is 0.0696. The highest BCUT2D eigenvalue weighted by Crippen LogP contribution is 2.23. The fraction of sp³-hybridized carbons (Fsp3) is 0. The molecule has 136 valence electrons. The molecule has 3 rings (SSSR count). The minimum atomic E-state index is -1.02. The van der Waals surface area contributed by atoms with E-state index in [1.165, 1.54) is 12.1 Å². The number of nitrogens with one attached hydrogen (secondary N) is 2. The molecule has 0 saturated heterocycles. The number of carbonyl (C=O) groups excluding carboxylic acids is 1. The normalized spacial score (nSPS) is 10.3. The molecule has 3 aromatic rings. The predicted octanol–water partition coefficient (Wildman–Crippen LogP) is 4.43. The minimum absolute atomic E-state index is 0.0625. The number of halogens is 1. The maximum Gasteiger partial charge on any atom is 0.335 e. The number of amides is 1. The van der Waals surface area contributed by atoms with Crippen molar-refractivity contribution in [2.45, 2.75) is 0 Å². The van der Waals surface area contributed by atoms with Crippen molar-refractivity contribution in [3.05, 3.63) is 77.0 Å². The van der Waals surface area contributed by atoms with Crippen LogP contribution in [0, 0.1) is 0 Å². The van der Waals surface area contributed by atoms with E-state index in [1.54, 1.807) is 48.5 Å². The van der Waals surface area contributed by atoms with Gasteiger partial charge in [0.05, 0.1) is 5.56 Å². The molecular weight excluding hydrogens is 388 g/mol. The van der Waals surface area contributed by atoms with Gasteiger partial charge in [0.2, 0.25) is 0 Å². The first kappa shape index (κ1) is 18.6. The van der Waals surface area contributed by atoms with E-state index in [0.29, 0.717) is 16.5 Å². The van der Waals surface area contributed by atoms with Gasteiger partial charge in [-0.05, 0) is 72.9 Å². The van der Waals surface area contributed by atoms with Crippen LogP contribution in [0.15, 0.2) is 65.1 Å². The van der Waals surface area contributed by atoms with Gasteiger partial charge in [-0.25, -0.2) is 4.79 Å². The molecule has 1 amide bonds. The topological polar surface area (TPSA) is 91.6 Å². The van der Waals surface area contributed by atoms with Crippen molar-refractivity contribution >= 4 is 46.5 Å². The van der Waals surface area contributed by atoms with Crippen molar-refractivity contribution in [3.63, 3.8) is 0 Å². The lowest BCUT2D eigenvalue weighted by Crippen LogP contribution is -2.33. The zero-order valence-corrected chi connectivity index (χ0v) is 15.3. The summed E-state index contributed by atoms with van der Waals surface area (Å²) < 4.78 is 5.56. The standard InChI is InChI=1S/C19H13ClN2O4S/c20-13-5-1-11(2-6-13)15-9-10-16(26-15)17(23)22-19(27)21-14-7-3-12(4-8-14)18(24)25/h1-10H,(H,24,25)(H2,21,22,23,27). The molecule has 0 aliphatic carbocycles. The Morgan fingerprint density at radius 3 is 2.26 bits per heavy atom. The van der Waals surface area contributed by atoms with Crippen LogP contribution in [0.1, 0.15) is 20.9 Å². The number of benzene rings is 2. The highest BCUT2D eigenvalue weighted by molar-refractivity contribution is 7.80. The monoisotopic (exact) mass is 400 g/mol. The first-order valence-corrected chi connectivity index (χ1v) is 8.52. The Labute approximate surface area is 164 Å². The summed E-state index contributed by atoms with van der Waals surface area (Å²) in [5, 5.41) is 14.9. The molecule has 27 heavy (non-hydrogen) atoms. The summed E-state index contributed by atoms with van der Waals surface area (Å²) in [7, 11) is 0. The van der Waals surface area contributed by atoms with Gasteiger partial charge in [-0.15, -0.1) is 0 Å². The van der Waals surface area contributed by atoms with Crippen molar-refractivity contribution in [1.29, 1.82) is 0 Å². The molecule has 0 saturated carbocycles. The summed E-state index contributed by atoms with van der Waals surface area (Å²) in [4.78, 5) is 23.1. The average Bonchev–Trinajstić information content (AvgIpc) is 3.13. The van der Waals surface area contributed by atoms with Crippen molar-refractivity contribution < 1.29 is 19.1 Å². The van der Waals surface area contributed by atoms with Crippen molar-refractivity contribution in [1.82, 2.24) is 5.32 Å². The number of carbonyl (C=O) groups is 2. The Balaban J connectivity index is 1.62. The van der Waals surface area contributed by atoms with Gasteiger partial charge in [0.1, 0.15) is 5.76 Å². The molecule has 0 bridgehead atoms. The van der Waals surface area contributed by atoms with Crippen LogP contribution >= 0.6 is 23.8 Å². The molecule has 2 aromatic carbocycles. The summed E-state index contributed by atoms with van der Waals surface area (Å²) >= 11 is 11.0. The van der Waals surface area contributed by atoms with Crippen LogP contribution in [0.25, 0.3) is 11.3 Å². The van der Waals surface area contributed by atoms with Crippen molar-refractivity contribution in [2.75, 3.05) is 5.32 Å². The fourth-order valence-electron chi connectivity index (χ4n) is 2.25. The molecule has 3 N–H and O–H groups in total. The van der Waals surface area contributed by atoms with Gasteiger partial charge in [0.15, 0.2) is 10.9 Å². The van der Waals surface area contributed by atoms with E-state index in [9.17, 15) is 9.59 Å². The zero-order valence-electron chi connectivity index (χ0n) is 13.7. The van der Waals surface area contributed by atoms with Crippen molar-refractivity contribution in [3.8, 4) is 11.3 Å². The average molecular weight is 401 g/mol. The number of anilines is 1. The van der Waals surface area contributed by atoms with E-state index in [0.717, 1.165) is 5.56 Å². The van der Waals surface area contributed by atoms with E-state index >= 15 is 0 Å². The second-order valence-corrected chi connectivity index (χ2v) is 6.31. The van der Waals surface area contributed by atoms with Gasteiger partial charge >= 0.3 is 5.97 Å². The van der Waals surface area contributed by atoms with Crippen LogP contribution < -0.4 is 10.6 Å². The summed E-state index contributed by atoms with van der Waals surface area (Å²) in [6, 6.07) is 16.2. The maximum absolute atomic E-state index is 12.3. The largest absolute Gasteiger partial charge is 0.478 e. The third kappa shape index (κ3) is 4.72. The number of thiocarbonyl (C=S) groups is 1. The van der Waals surface area contributed by atoms with Gasteiger partial charge in [-0.2, -0.15) is 0 Å². The number of hydrogen-bond donors (Lipinski definition) is 3. The molecular formula is C19H13ClN2O4S. The third-order valence-corrected chi connectivity index (χ3v) is 4.03. The lowest BCUT2D eigenvalue weighted by Gasteiger charge is -2.08. The first-order chi connectivity index (χ1) is 12.9. The Hall–Kier alpha value is -3.16. The number of aromatic carboxylic acids is 1. The van der Waals surface area contributed by atoms with Gasteiger partial charge < -0.3 is 14.8 Å². The second kappa shape index (κ2) is 8.03. The second-order valence-electron chi connectivity index (χ2n) is 5.46. The van der Waals surface area contributed by atoms with Crippen LogP contribution in [-0.4, -0.2) is 22.1 Å². The molecule has 0 unspecified atom stereocenters. The van der Waals surface area contributed by atoms with Gasteiger partial charge in [-0.1, -0.05) is 11.6 Å². The molecule has 8 heteroatoms. The molecule has 0 atom stereocenters. The highest BCUT2D eigenvalue weighted by atomic mass is 35.5. The predicted molar refractivity (Wildman–Crippen MR) is 106 cm³/mol. The van der Waals surface area contributed by atoms with E-state index in [1.807, 2.05) is 0 Å². The fourth-order valence-corrected chi connectivity index (χ4v) is 2.59. The van der Waals surface area contributed by atoms with Crippen LogP contribution in [0.2, 0.25) is 5.02 Å². The molecule has 6 nitrogen and oxygen atoms in total. The Morgan fingerprint density at radius 1 is 0.963 bits per heavy atom. The molecule has 0 fully saturated rings. The number of rotatable bonds is 4. The van der Waals surface area contributed by atoms with E-state index < -0.39 is 11.9 Å². The summed E-state index contributed by atoms with van der Waals surface area (Å²) in [5.41, 5.74) is 1.49. The molecule has 0 aliphatic heterocycles. The van der Waals surface area contributed by atoms with Gasteiger partial charge in [0, 0.05) is 16.3 Å². The molecule has 0 spiro atoms. The van der Waals surface area contributed by atoms with E-state index in [-0.39, 0.29) is 16.4 Å². The molecule has 0 aliphatic rings. The first-order valence-electron chi connectivity index (χ1n) is 7.74. The minimum Gasteiger partial charge on any atom is -0.478 e. The highest BCUT2D eigenvalue weighted by Gasteiger charge is 2.14. The molecule has 1 heterocycles. The van der Waals surface area contributed by atoms with E-state index in [4.69, 9.17) is 33.3 Å².